The fourth-order valence-electron chi connectivity index (χ4n) is 2.99. The highest BCUT2D eigenvalue weighted by atomic mass is 19.1. The highest BCUT2D eigenvalue weighted by Crippen LogP contribution is 2.28. The molecule has 0 saturated carbocycles. The van der Waals surface area contributed by atoms with Gasteiger partial charge in [-0.05, 0) is 25.0 Å². The van der Waals surface area contributed by atoms with Gasteiger partial charge in [0.1, 0.15) is 23.5 Å². The number of hydrogen-bond donors (Lipinski definition) is 0. The van der Waals surface area contributed by atoms with Crippen molar-refractivity contribution in [1.82, 2.24) is 14.9 Å². The molecule has 5 nitrogen and oxygen atoms in total. The Morgan fingerprint density at radius 1 is 1.27 bits per heavy atom. The van der Waals surface area contributed by atoms with E-state index in [0.29, 0.717) is 5.52 Å². The second-order valence-corrected chi connectivity index (χ2v) is 5.83. The number of hydrogen-bond acceptors (Lipinski definition) is 4. The van der Waals surface area contributed by atoms with E-state index in [1.54, 1.807) is 25.1 Å². The van der Waals surface area contributed by atoms with Gasteiger partial charge in [-0.25, -0.2) is 14.4 Å². The van der Waals surface area contributed by atoms with Crippen LogP contribution >= 0.6 is 0 Å². The van der Waals surface area contributed by atoms with Gasteiger partial charge in [-0.1, -0.05) is 6.07 Å². The minimum atomic E-state index is -0.334. The summed E-state index contributed by atoms with van der Waals surface area (Å²) in [6.45, 7) is 1.49. The van der Waals surface area contributed by atoms with Gasteiger partial charge in [-0.15, -0.1) is 0 Å². The molecule has 0 radical (unpaired) electrons. The second-order valence-electron chi connectivity index (χ2n) is 5.83. The average molecular weight is 302 g/mol. The molecule has 0 atom stereocenters. The summed E-state index contributed by atoms with van der Waals surface area (Å²) >= 11 is 0. The van der Waals surface area contributed by atoms with Gasteiger partial charge in [0, 0.05) is 38.5 Å². The van der Waals surface area contributed by atoms with Crippen molar-refractivity contribution in [3.05, 3.63) is 30.3 Å². The first-order valence-corrected chi connectivity index (χ1v) is 7.43. The standard InChI is InChI=1S/C16H19FN4O/c1-20(2)16(22)11-6-8-21(9-7-11)15-12-4-3-5-13(17)14(12)18-10-19-15/h3-5,10-11H,6-9H2,1-2H3. The number of amides is 1. The highest BCUT2D eigenvalue weighted by Gasteiger charge is 2.27. The molecule has 22 heavy (non-hydrogen) atoms. The van der Waals surface area contributed by atoms with Crippen molar-refractivity contribution in [3.63, 3.8) is 0 Å². The van der Waals surface area contributed by atoms with Crippen molar-refractivity contribution in [3.8, 4) is 0 Å². The van der Waals surface area contributed by atoms with Crippen molar-refractivity contribution in [2.75, 3.05) is 32.1 Å². The van der Waals surface area contributed by atoms with Crippen molar-refractivity contribution in [2.45, 2.75) is 12.8 Å². The summed E-state index contributed by atoms with van der Waals surface area (Å²) in [5.41, 5.74) is 0.346. The van der Waals surface area contributed by atoms with Crippen LogP contribution in [0.5, 0.6) is 0 Å². The third-order valence-electron chi connectivity index (χ3n) is 4.18. The van der Waals surface area contributed by atoms with Gasteiger partial charge in [0.15, 0.2) is 0 Å². The number of piperidine rings is 1. The number of carbonyl (C=O) groups is 1. The zero-order chi connectivity index (χ0) is 15.7. The topological polar surface area (TPSA) is 49.3 Å². The maximum Gasteiger partial charge on any atom is 0.225 e. The second kappa shape index (κ2) is 5.87. The van der Waals surface area contributed by atoms with Gasteiger partial charge < -0.3 is 9.80 Å². The molecule has 116 valence electrons. The number of aromatic nitrogens is 2. The molecule has 6 heteroatoms. The normalized spacial score (nSPS) is 16.0. The van der Waals surface area contributed by atoms with Gasteiger partial charge in [-0.2, -0.15) is 0 Å². The van der Waals surface area contributed by atoms with Crippen LogP contribution in [0.4, 0.5) is 10.2 Å². The van der Waals surface area contributed by atoms with E-state index in [1.165, 1.54) is 12.4 Å². The zero-order valence-electron chi connectivity index (χ0n) is 12.8. The maximum atomic E-state index is 13.8. The van der Waals surface area contributed by atoms with E-state index in [2.05, 4.69) is 14.9 Å². The van der Waals surface area contributed by atoms with Crippen LogP contribution in [0.2, 0.25) is 0 Å². The van der Waals surface area contributed by atoms with Crippen LogP contribution in [0.25, 0.3) is 10.9 Å². The molecule has 0 spiro atoms. The van der Waals surface area contributed by atoms with E-state index in [4.69, 9.17) is 0 Å². The minimum absolute atomic E-state index is 0.0658. The van der Waals surface area contributed by atoms with E-state index in [0.717, 1.165) is 37.1 Å². The highest BCUT2D eigenvalue weighted by molar-refractivity contribution is 5.89. The Hall–Kier alpha value is -2.24. The third kappa shape index (κ3) is 2.61. The predicted octanol–water partition coefficient (Wildman–Crippen LogP) is 2.07. The quantitative estimate of drug-likeness (QED) is 0.852. The lowest BCUT2D eigenvalue weighted by Gasteiger charge is -2.33. The van der Waals surface area contributed by atoms with Crippen molar-refractivity contribution < 1.29 is 9.18 Å². The first kappa shape index (κ1) is 14.7. The number of benzene rings is 1. The molecule has 0 bridgehead atoms. The molecule has 2 heterocycles. The summed E-state index contributed by atoms with van der Waals surface area (Å²) < 4.78 is 13.8. The van der Waals surface area contributed by atoms with Gasteiger partial charge in [-0.3, -0.25) is 4.79 Å². The molecular weight excluding hydrogens is 283 g/mol. The van der Waals surface area contributed by atoms with E-state index in [9.17, 15) is 9.18 Å². The van der Waals surface area contributed by atoms with Crippen LogP contribution in [-0.4, -0.2) is 48.0 Å². The van der Waals surface area contributed by atoms with Gasteiger partial charge >= 0.3 is 0 Å². The van der Waals surface area contributed by atoms with E-state index < -0.39 is 0 Å². The molecule has 1 aliphatic rings. The van der Waals surface area contributed by atoms with Crippen molar-refractivity contribution in [2.24, 2.45) is 5.92 Å². The molecular formula is C16H19FN4O. The van der Waals surface area contributed by atoms with Crippen molar-refractivity contribution >= 4 is 22.6 Å². The Morgan fingerprint density at radius 3 is 2.68 bits per heavy atom. The van der Waals surface area contributed by atoms with Crippen molar-refractivity contribution in [1.29, 1.82) is 0 Å². The Balaban J connectivity index is 1.83. The van der Waals surface area contributed by atoms with Crippen LogP contribution in [-0.2, 0) is 4.79 Å². The summed E-state index contributed by atoms with van der Waals surface area (Å²) in [7, 11) is 3.57. The maximum absolute atomic E-state index is 13.8. The Morgan fingerprint density at radius 2 is 2.00 bits per heavy atom. The van der Waals surface area contributed by atoms with Gasteiger partial charge in [0.25, 0.3) is 0 Å². The lowest BCUT2D eigenvalue weighted by Crippen LogP contribution is -2.40. The summed E-state index contributed by atoms with van der Waals surface area (Å²) in [5.74, 6) is 0.661. The molecule has 3 rings (SSSR count). The molecule has 1 fully saturated rings. The average Bonchev–Trinajstić information content (AvgIpc) is 2.54. The van der Waals surface area contributed by atoms with E-state index in [1.807, 2.05) is 6.07 Å². The van der Waals surface area contributed by atoms with E-state index in [-0.39, 0.29) is 17.6 Å². The number of carbonyl (C=O) groups excluding carboxylic acids is 1. The summed E-state index contributed by atoms with van der Waals surface area (Å²) in [6.07, 6.45) is 2.98. The number of halogens is 1. The fourth-order valence-corrected chi connectivity index (χ4v) is 2.99. The Kier molecular flexibility index (Phi) is 3.92. The first-order valence-electron chi connectivity index (χ1n) is 7.43. The largest absolute Gasteiger partial charge is 0.356 e. The van der Waals surface area contributed by atoms with Crippen LogP contribution in [0, 0.1) is 11.7 Å². The molecule has 1 aromatic heterocycles. The third-order valence-corrected chi connectivity index (χ3v) is 4.18. The Labute approximate surface area is 128 Å². The van der Waals surface area contributed by atoms with Crippen LogP contribution in [0.15, 0.2) is 24.5 Å². The monoisotopic (exact) mass is 302 g/mol. The fraction of sp³-hybridized carbons (Fsp3) is 0.438. The molecule has 0 unspecified atom stereocenters. The molecule has 1 aromatic carbocycles. The molecule has 1 saturated heterocycles. The molecule has 0 N–H and O–H groups in total. The lowest BCUT2D eigenvalue weighted by atomic mass is 9.95. The SMILES string of the molecule is CN(C)C(=O)C1CCN(c2ncnc3c(F)cccc23)CC1. The van der Waals surface area contributed by atoms with Crippen LogP contribution in [0.3, 0.4) is 0 Å². The molecule has 0 aliphatic carbocycles. The smallest absolute Gasteiger partial charge is 0.225 e. The number of para-hydroxylation sites is 1. The number of nitrogens with zero attached hydrogens (tertiary/aromatic N) is 4. The molecule has 1 amide bonds. The van der Waals surface area contributed by atoms with Crippen LogP contribution in [0.1, 0.15) is 12.8 Å². The number of rotatable bonds is 2. The predicted molar refractivity (Wildman–Crippen MR) is 83.1 cm³/mol. The van der Waals surface area contributed by atoms with E-state index >= 15 is 0 Å². The Bertz CT molecular complexity index is 696. The molecule has 1 aliphatic heterocycles. The zero-order valence-corrected chi connectivity index (χ0v) is 12.8. The van der Waals surface area contributed by atoms with Gasteiger partial charge in [0.05, 0.1) is 0 Å². The number of anilines is 1. The van der Waals surface area contributed by atoms with Gasteiger partial charge in [0.2, 0.25) is 5.91 Å². The minimum Gasteiger partial charge on any atom is -0.356 e. The first-order chi connectivity index (χ1) is 10.6. The lowest BCUT2D eigenvalue weighted by molar-refractivity contribution is -0.133. The molecule has 2 aromatic rings. The van der Waals surface area contributed by atoms with Crippen LogP contribution < -0.4 is 4.90 Å². The summed E-state index contributed by atoms with van der Waals surface area (Å²) in [5, 5.41) is 0.722. The number of fused-ring (bicyclic) bond motifs is 1. The summed E-state index contributed by atoms with van der Waals surface area (Å²) in [6, 6.07) is 4.92. The summed E-state index contributed by atoms with van der Waals surface area (Å²) in [4.78, 5) is 24.2.